The van der Waals surface area contributed by atoms with E-state index in [1.54, 1.807) is 30.3 Å². The maximum Gasteiger partial charge on any atom is 0.417 e. The number of hydrogen-bond donors (Lipinski definition) is 2. The Labute approximate surface area is 213 Å². The molecule has 1 heterocycles. The first-order chi connectivity index (χ1) is 17.6. The third kappa shape index (κ3) is 6.16. The van der Waals surface area contributed by atoms with E-state index in [1.807, 2.05) is 4.90 Å². The number of carbonyl (C=O) groups is 1. The van der Waals surface area contributed by atoms with E-state index < -0.39 is 33.2 Å². The largest absolute Gasteiger partial charge is 0.497 e. The van der Waals surface area contributed by atoms with Gasteiger partial charge in [-0.1, -0.05) is 12.1 Å². The lowest BCUT2D eigenvalue weighted by molar-refractivity contribution is -0.137. The van der Waals surface area contributed by atoms with Crippen LogP contribution in [0, 0.1) is 0 Å². The molecule has 1 aliphatic rings. The Hall–Kier alpha value is -3.73. The summed E-state index contributed by atoms with van der Waals surface area (Å²) in [4.78, 5) is 14.6. The molecule has 0 unspecified atom stereocenters. The number of amides is 1. The molecule has 2 N–H and O–H groups in total. The van der Waals surface area contributed by atoms with E-state index in [0.29, 0.717) is 30.2 Å². The van der Waals surface area contributed by atoms with E-state index in [0.717, 1.165) is 31.4 Å². The Morgan fingerprint density at radius 1 is 0.919 bits per heavy atom. The number of halogens is 3. The number of rotatable bonds is 7. The smallest absolute Gasteiger partial charge is 0.417 e. The van der Waals surface area contributed by atoms with Crippen molar-refractivity contribution in [3.63, 3.8) is 0 Å². The van der Waals surface area contributed by atoms with Crippen molar-refractivity contribution in [1.29, 1.82) is 0 Å². The molecule has 0 atom stereocenters. The average molecular weight is 534 g/mol. The third-order valence-electron chi connectivity index (χ3n) is 6.02. The highest BCUT2D eigenvalue weighted by Crippen LogP contribution is 2.34. The predicted molar refractivity (Wildman–Crippen MR) is 136 cm³/mol. The molecule has 0 saturated carbocycles. The second kappa shape index (κ2) is 10.7. The summed E-state index contributed by atoms with van der Waals surface area (Å²) in [5.41, 5.74) is -0.825. The Balaban J connectivity index is 1.69. The molecule has 1 amide bonds. The molecule has 1 aliphatic heterocycles. The number of methoxy groups -OCH3 is 1. The normalized spacial score (nSPS) is 14.2. The van der Waals surface area contributed by atoms with Gasteiger partial charge in [0.05, 0.1) is 23.9 Å². The molecule has 11 heteroatoms. The second-order valence-electron chi connectivity index (χ2n) is 8.56. The minimum absolute atomic E-state index is 0.0536. The summed E-state index contributed by atoms with van der Waals surface area (Å²) in [6.45, 7) is 1.32. The SMILES string of the molecule is COc1ccc(NS(=O)(=O)c2cc(NC(=O)c3ccccc3C(F)(F)F)ccc2N2CCCCC2)cc1. The van der Waals surface area contributed by atoms with Gasteiger partial charge in [-0.2, -0.15) is 13.2 Å². The van der Waals surface area contributed by atoms with Crippen LogP contribution in [0.1, 0.15) is 35.2 Å². The topological polar surface area (TPSA) is 87.7 Å². The van der Waals surface area contributed by atoms with Gasteiger partial charge in [0.2, 0.25) is 0 Å². The molecule has 196 valence electrons. The summed E-state index contributed by atoms with van der Waals surface area (Å²) in [5.74, 6) is -0.439. The minimum Gasteiger partial charge on any atom is -0.497 e. The fourth-order valence-electron chi connectivity index (χ4n) is 4.20. The number of hydrogen-bond acceptors (Lipinski definition) is 5. The summed E-state index contributed by atoms with van der Waals surface area (Å²) in [5, 5.41) is 2.43. The molecule has 3 aromatic rings. The van der Waals surface area contributed by atoms with Gasteiger partial charge in [0, 0.05) is 24.5 Å². The van der Waals surface area contributed by atoms with Crippen LogP contribution in [0.4, 0.5) is 30.2 Å². The molecule has 1 saturated heterocycles. The number of benzene rings is 3. The zero-order valence-corrected chi connectivity index (χ0v) is 20.8. The van der Waals surface area contributed by atoms with Crippen molar-refractivity contribution in [1.82, 2.24) is 0 Å². The number of nitrogens with zero attached hydrogens (tertiary/aromatic N) is 1. The van der Waals surface area contributed by atoms with Gasteiger partial charge >= 0.3 is 6.18 Å². The molecule has 0 radical (unpaired) electrons. The van der Waals surface area contributed by atoms with Crippen molar-refractivity contribution in [2.75, 3.05) is 35.1 Å². The molecule has 0 bridgehead atoms. The first-order valence-electron chi connectivity index (χ1n) is 11.6. The number of anilines is 3. The van der Waals surface area contributed by atoms with Gasteiger partial charge in [-0.25, -0.2) is 8.42 Å². The maximum atomic E-state index is 13.5. The summed E-state index contributed by atoms with van der Waals surface area (Å²) in [6.07, 6.45) is -1.88. The van der Waals surface area contributed by atoms with Crippen molar-refractivity contribution in [2.24, 2.45) is 0 Å². The van der Waals surface area contributed by atoms with Gasteiger partial charge < -0.3 is 15.0 Å². The van der Waals surface area contributed by atoms with Crippen LogP contribution >= 0.6 is 0 Å². The number of nitrogens with one attached hydrogen (secondary N) is 2. The lowest BCUT2D eigenvalue weighted by atomic mass is 10.1. The van der Waals surface area contributed by atoms with Crippen molar-refractivity contribution >= 4 is 33.0 Å². The summed E-state index contributed by atoms with van der Waals surface area (Å²) in [7, 11) is -2.63. The number of ether oxygens (including phenoxy) is 1. The lowest BCUT2D eigenvalue weighted by Crippen LogP contribution is -2.31. The van der Waals surface area contributed by atoms with E-state index in [1.165, 1.54) is 31.4 Å². The molecule has 1 fully saturated rings. The zero-order chi connectivity index (χ0) is 26.6. The summed E-state index contributed by atoms with van der Waals surface area (Å²) >= 11 is 0. The molecular weight excluding hydrogens is 507 g/mol. The first-order valence-corrected chi connectivity index (χ1v) is 13.1. The van der Waals surface area contributed by atoms with E-state index in [4.69, 9.17) is 4.74 Å². The van der Waals surface area contributed by atoms with Crippen LogP contribution in [0.15, 0.2) is 71.6 Å². The molecule has 7 nitrogen and oxygen atoms in total. The summed E-state index contributed by atoms with van der Waals surface area (Å²) in [6, 6.07) is 15.1. The number of carbonyl (C=O) groups excluding carboxylic acids is 1. The molecule has 0 spiro atoms. The fourth-order valence-corrected chi connectivity index (χ4v) is 5.51. The van der Waals surface area contributed by atoms with Crippen LogP contribution in [0.3, 0.4) is 0 Å². The van der Waals surface area contributed by atoms with Gasteiger partial charge in [-0.3, -0.25) is 9.52 Å². The highest BCUT2D eigenvalue weighted by Gasteiger charge is 2.35. The van der Waals surface area contributed by atoms with E-state index in [9.17, 15) is 26.4 Å². The van der Waals surface area contributed by atoms with Crippen LogP contribution in [-0.4, -0.2) is 34.5 Å². The highest BCUT2D eigenvalue weighted by atomic mass is 32.2. The van der Waals surface area contributed by atoms with Crippen LogP contribution in [0.5, 0.6) is 5.75 Å². The first kappa shape index (κ1) is 26.3. The van der Waals surface area contributed by atoms with Gasteiger partial charge in [-0.05, 0) is 73.9 Å². The van der Waals surface area contributed by atoms with Gasteiger partial charge in [0.25, 0.3) is 15.9 Å². The number of sulfonamides is 1. The van der Waals surface area contributed by atoms with Crippen molar-refractivity contribution in [3.05, 3.63) is 77.9 Å². The lowest BCUT2D eigenvalue weighted by Gasteiger charge is -2.30. The van der Waals surface area contributed by atoms with Crippen LogP contribution in [0.25, 0.3) is 0 Å². The van der Waals surface area contributed by atoms with Crippen molar-refractivity contribution < 1.29 is 31.1 Å². The van der Waals surface area contributed by atoms with E-state index in [2.05, 4.69) is 10.0 Å². The van der Waals surface area contributed by atoms with Gasteiger partial charge in [0.15, 0.2) is 0 Å². The summed E-state index contributed by atoms with van der Waals surface area (Å²) < 4.78 is 74.8. The maximum absolute atomic E-state index is 13.5. The monoisotopic (exact) mass is 533 g/mol. The molecule has 0 aromatic heterocycles. The zero-order valence-electron chi connectivity index (χ0n) is 20.0. The van der Waals surface area contributed by atoms with E-state index >= 15 is 0 Å². The molecule has 3 aromatic carbocycles. The molecular formula is C26H26F3N3O4S. The number of piperidine rings is 1. The molecule has 4 rings (SSSR count). The minimum atomic E-state index is -4.72. The van der Waals surface area contributed by atoms with Crippen molar-refractivity contribution in [3.8, 4) is 5.75 Å². The molecule has 37 heavy (non-hydrogen) atoms. The van der Waals surface area contributed by atoms with E-state index in [-0.39, 0.29) is 10.6 Å². The Morgan fingerprint density at radius 3 is 2.22 bits per heavy atom. The standard InChI is InChI=1S/C26H26F3N3O4S/c1-36-20-12-9-18(10-13-20)31-37(34,35)24-17-19(11-14-23(24)32-15-5-2-6-16-32)30-25(33)21-7-3-4-8-22(21)26(27,28)29/h3-4,7-14,17,31H,2,5-6,15-16H2,1H3,(H,30,33). The quantitative estimate of drug-likeness (QED) is 0.403. The Bertz CT molecular complexity index is 1370. The van der Waals surface area contributed by atoms with Crippen LogP contribution < -0.4 is 19.7 Å². The Morgan fingerprint density at radius 2 is 1.57 bits per heavy atom. The van der Waals surface area contributed by atoms with Gasteiger partial charge in [-0.15, -0.1) is 0 Å². The van der Waals surface area contributed by atoms with Crippen molar-refractivity contribution in [2.45, 2.75) is 30.3 Å². The Kier molecular flexibility index (Phi) is 7.63. The second-order valence-corrected chi connectivity index (χ2v) is 10.2. The molecule has 0 aliphatic carbocycles. The third-order valence-corrected chi connectivity index (χ3v) is 7.43. The average Bonchev–Trinajstić information content (AvgIpc) is 2.89. The highest BCUT2D eigenvalue weighted by molar-refractivity contribution is 7.92. The predicted octanol–water partition coefficient (Wildman–Crippen LogP) is 5.76. The number of alkyl halides is 3. The van der Waals surface area contributed by atoms with Crippen LogP contribution in [0.2, 0.25) is 0 Å². The fraction of sp³-hybridized carbons (Fsp3) is 0.269. The van der Waals surface area contributed by atoms with Crippen LogP contribution in [-0.2, 0) is 16.2 Å². The van der Waals surface area contributed by atoms with Gasteiger partial charge in [0.1, 0.15) is 10.6 Å².